The molecule has 0 radical (unpaired) electrons. The Morgan fingerprint density at radius 2 is 2.00 bits per heavy atom. The van der Waals surface area contributed by atoms with Gasteiger partial charge in [-0.25, -0.2) is 0 Å². The number of nitrogens with zero attached hydrogens (tertiary/aromatic N) is 1. The molecule has 2 amide bonds. The molecule has 156 valence electrons. The third-order valence-electron chi connectivity index (χ3n) is 5.35. The average molecular weight is 389 g/mol. The van der Waals surface area contributed by atoms with Gasteiger partial charge >= 0.3 is 0 Å². The van der Waals surface area contributed by atoms with Crippen LogP contribution in [-0.2, 0) is 9.59 Å². The number of hydrogen-bond donors (Lipinski definition) is 1. The molecule has 0 aliphatic carbocycles. The van der Waals surface area contributed by atoms with E-state index >= 15 is 0 Å². The van der Waals surface area contributed by atoms with Crippen LogP contribution in [-0.4, -0.2) is 42.5 Å². The van der Waals surface area contributed by atoms with Gasteiger partial charge in [0.25, 0.3) is 0 Å². The van der Waals surface area contributed by atoms with Crippen molar-refractivity contribution in [2.24, 2.45) is 5.92 Å². The summed E-state index contributed by atoms with van der Waals surface area (Å²) in [6.45, 7) is 5.91. The highest BCUT2D eigenvalue weighted by molar-refractivity contribution is 5.81. The number of hydrogen-bond acceptors (Lipinski definition) is 3. The molecule has 5 heteroatoms. The quantitative estimate of drug-likeness (QED) is 0.579. The molecule has 5 nitrogen and oxygen atoms in total. The summed E-state index contributed by atoms with van der Waals surface area (Å²) in [5, 5.41) is 3.15. The van der Waals surface area contributed by atoms with Crippen molar-refractivity contribution in [1.82, 2.24) is 10.2 Å². The van der Waals surface area contributed by atoms with Crippen molar-refractivity contribution in [3.63, 3.8) is 0 Å². The topological polar surface area (TPSA) is 58.6 Å². The van der Waals surface area contributed by atoms with Crippen molar-refractivity contribution >= 4 is 11.8 Å². The van der Waals surface area contributed by atoms with Crippen LogP contribution in [0.2, 0.25) is 0 Å². The van der Waals surface area contributed by atoms with Gasteiger partial charge in [0.1, 0.15) is 5.75 Å². The van der Waals surface area contributed by atoms with E-state index in [2.05, 4.69) is 19.2 Å². The molecule has 28 heavy (non-hydrogen) atoms. The zero-order valence-electron chi connectivity index (χ0n) is 17.5. The second kappa shape index (κ2) is 12.4. The fraction of sp³-hybridized carbons (Fsp3) is 0.652. The molecule has 0 bridgehead atoms. The van der Waals surface area contributed by atoms with Crippen molar-refractivity contribution < 1.29 is 14.3 Å². The van der Waals surface area contributed by atoms with Gasteiger partial charge in [-0.3, -0.25) is 9.59 Å². The van der Waals surface area contributed by atoms with Crippen LogP contribution in [0.1, 0.15) is 65.2 Å². The number of ether oxygens (including phenoxy) is 1. The molecule has 1 N–H and O–H groups in total. The van der Waals surface area contributed by atoms with Gasteiger partial charge in [0.05, 0.1) is 18.9 Å². The molecular weight excluding hydrogens is 352 g/mol. The lowest BCUT2D eigenvalue weighted by Gasteiger charge is -2.32. The number of likely N-dealkylation sites (tertiary alicyclic amines) is 1. The van der Waals surface area contributed by atoms with Crippen LogP contribution >= 0.6 is 0 Å². The first-order chi connectivity index (χ1) is 13.6. The van der Waals surface area contributed by atoms with E-state index in [4.69, 9.17) is 4.74 Å². The Kier molecular flexibility index (Phi) is 9.87. The zero-order chi connectivity index (χ0) is 20.2. The lowest BCUT2D eigenvalue weighted by Crippen LogP contribution is -2.47. The summed E-state index contributed by atoms with van der Waals surface area (Å²) in [4.78, 5) is 26.9. The van der Waals surface area contributed by atoms with E-state index in [-0.39, 0.29) is 23.8 Å². The molecule has 0 aromatic heterocycles. The summed E-state index contributed by atoms with van der Waals surface area (Å²) >= 11 is 0. The SMILES string of the molecule is CCCCCCC(C)NC(=O)C1CCCN(C(=O)CCOc2ccccc2)C1. The molecule has 1 aliphatic rings. The van der Waals surface area contributed by atoms with Crippen molar-refractivity contribution in [2.45, 2.75) is 71.3 Å². The van der Waals surface area contributed by atoms with E-state index in [0.717, 1.165) is 38.0 Å². The van der Waals surface area contributed by atoms with E-state index in [9.17, 15) is 9.59 Å². The van der Waals surface area contributed by atoms with Gasteiger partial charge in [0.15, 0.2) is 0 Å². The summed E-state index contributed by atoms with van der Waals surface area (Å²) in [7, 11) is 0. The molecular formula is C23H36N2O3. The van der Waals surface area contributed by atoms with Gasteiger partial charge in [0, 0.05) is 19.1 Å². The Balaban J connectivity index is 1.69. The zero-order valence-corrected chi connectivity index (χ0v) is 17.5. The molecule has 1 fully saturated rings. The van der Waals surface area contributed by atoms with E-state index in [1.807, 2.05) is 35.2 Å². The number of rotatable bonds is 11. The first kappa shape index (κ1) is 22.3. The number of carbonyl (C=O) groups is 2. The third kappa shape index (κ3) is 7.91. The molecule has 1 aromatic carbocycles. The Hall–Kier alpha value is -2.04. The molecule has 0 spiro atoms. The molecule has 1 heterocycles. The Morgan fingerprint density at radius 1 is 1.21 bits per heavy atom. The van der Waals surface area contributed by atoms with Gasteiger partial charge in [-0.2, -0.15) is 0 Å². The maximum absolute atomic E-state index is 12.6. The second-order valence-corrected chi connectivity index (χ2v) is 7.85. The van der Waals surface area contributed by atoms with Crippen molar-refractivity contribution in [1.29, 1.82) is 0 Å². The van der Waals surface area contributed by atoms with Crippen LogP contribution in [0.15, 0.2) is 30.3 Å². The first-order valence-corrected chi connectivity index (χ1v) is 10.9. The minimum Gasteiger partial charge on any atom is -0.493 e. The molecule has 1 saturated heterocycles. The Bertz CT molecular complexity index is 591. The van der Waals surface area contributed by atoms with Gasteiger partial charge in [0.2, 0.25) is 11.8 Å². The number of piperidine rings is 1. The largest absolute Gasteiger partial charge is 0.493 e. The normalized spacial score (nSPS) is 17.8. The molecule has 2 atom stereocenters. The molecule has 2 unspecified atom stereocenters. The summed E-state index contributed by atoms with van der Waals surface area (Å²) < 4.78 is 5.62. The van der Waals surface area contributed by atoms with E-state index in [1.165, 1.54) is 19.3 Å². The van der Waals surface area contributed by atoms with Crippen molar-refractivity contribution in [3.8, 4) is 5.75 Å². The highest BCUT2D eigenvalue weighted by Gasteiger charge is 2.28. The fourth-order valence-electron chi connectivity index (χ4n) is 3.66. The first-order valence-electron chi connectivity index (χ1n) is 10.9. The number of carbonyl (C=O) groups excluding carboxylic acids is 2. The average Bonchev–Trinajstić information content (AvgIpc) is 2.72. The lowest BCUT2D eigenvalue weighted by molar-refractivity contribution is -0.136. The van der Waals surface area contributed by atoms with E-state index in [0.29, 0.717) is 19.6 Å². The minimum atomic E-state index is -0.0918. The number of amides is 2. The van der Waals surface area contributed by atoms with Crippen LogP contribution in [0.4, 0.5) is 0 Å². The summed E-state index contributed by atoms with van der Waals surface area (Å²) in [6.07, 6.45) is 7.98. The van der Waals surface area contributed by atoms with Gasteiger partial charge in [-0.15, -0.1) is 0 Å². The molecule has 1 aromatic rings. The number of benzene rings is 1. The van der Waals surface area contributed by atoms with Crippen LogP contribution in [0.3, 0.4) is 0 Å². The second-order valence-electron chi connectivity index (χ2n) is 7.85. The molecule has 1 aliphatic heterocycles. The smallest absolute Gasteiger partial charge is 0.226 e. The van der Waals surface area contributed by atoms with Crippen LogP contribution in [0.5, 0.6) is 5.75 Å². The summed E-state index contributed by atoms with van der Waals surface area (Å²) in [5.41, 5.74) is 0. The predicted molar refractivity (Wildman–Crippen MR) is 112 cm³/mol. The monoisotopic (exact) mass is 388 g/mol. The highest BCUT2D eigenvalue weighted by atomic mass is 16.5. The lowest BCUT2D eigenvalue weighted by atomic mass is 9.96. The maximum Gasteiger partial charge on any atom is 0.226 e. The van der Waals surface area contributed by atoms with Crippen LogP contribution in [0, 0.1) is 5.92 Å². The van der Waals surface area contributed by atoms with Crippen LogP contribution in [0.25, 0.3) is 0 Å². The van der Waals surface area contributed by atoms with Gasteiger partial charge in [-0.05, 0) is 38.3 Å². The van der Waals surface area contributed by atoms with Crippen molar-refractivity contribution in [3.05, 3.63) is 30.3 Å². The summed E-state index contributed by atoms with van der Waals surface area (Å²) in [5.74, 6) is 0.854. The van der Waals surface area contributed by atoms with Crippen LogP contribution < -0.4 is 10.1 Å². The predicted octanol–water partition coefficient (Wildman–Crippen LogP) is 4.17. The maximum atomic E-state index is 12.6. The highest BCUT2D eigenvalue weighted by Crippen LogP contribution is 2.18. The standard InChI is InChI=1S/C23H36N2O3/c1-3-4-5-7-11-19(2)24-23(27)20-12-10-16-25(18-20)22(26)15-17-28-21-13-8-6-9-14-21/h6,8-9,13-14,19-20H,3-5,7,10-12,15-18H2,1-2H3,(H,24,27). The number of nitrogens with one attached hydrogen (secondary N) is 1. The number of unbranched alkanes of at least 4 members (excludes halogenated alkanes) is 3. The Labute approximate surface area is 169 Å². The minimum absolute atomic E-state index is 0.0704. The van der Waals surface area contributed by atoms with E-state index in [1.54, 1.807) is 0 Å². The Morgan fingerprint density at radius 3 is 2.75 bits per heavy atom. The number of para-hydroxylation sites is 1. The summed E-state index contributed by atoms with van der Waals surface area (Å²) in [6, 6.07) is 9.73. The fourth-order valence-corrected chi connectivity index (χ4v) is 3.66. The third-order valence-corrected chi connectivity index (χ3v) is 5.35. The van der Waals surface area contributed by atoms with Gasteiger partial charge in [-0.1, -0.05) is 50.8 Å². The van der Waals surface area contributed by atoms with Crippen molar-refractivity contribution in [2.75, 3.05) is 19.7 Å². The van der Waals surface area contributed by atoms with Gasteiger partial charge < -0.3 is 15.0 Å². The molecule has 2 rings (SSSR count). The molecule has 0 saturated carbocycles. The van der Waals surface area contributed by atoms with E-state index < -0.39 is 0 Å².